The molecule has 5 heteroatoms. The second-order valence-corrected chi connectivity index (χ2v) is 11.5. The van der Waals surface area contributed by atoms with E-state index in [9.17, 15) is 4.79 Å². The van der Waals surface area contributed by atoms with Crippen LogP contribution in [0.1, 0.15) is 26.5 Å². The molecule has 1 aromatic rings. The average Bonchev–Trinajstić information content (AvgIpc) is 2.26. The summed E-state index contributed by atoms with van der Waals surface area (Å²) in [5.41, 5.74) is 0.555. The Balaban J connectivity index is 3.06. The van der Waals surface area contributed by atoms with E-state index >= 15 is 0 Å². The quantitative estimate of drug-likeness (QED) is 0.526. The fourth-order valence-electron chi connectivity index (χ4n) is 1.38. The molecule has 1 aromatic heterocycles. The zero-order chi connectivity index (χ0) is 15.4. The van der Waals surface area contributed by atoms with Gasteiger partial charge in [-0.2, -0.15) is 0 Å². The lowest BCUT2D eigenvalue weighted by Crippen LogP contribution is -2.38. The van der Waals surface area contributed by atoms with Gasteiger partial charge in [0.15, 0.2) is 0 Å². The Morgan fingerprint density at radius 3 is 2.40 bits per heavy atom. The number of pyridine rings is 1. The number of esters is 1. The normalized spacial score (nSPS) is 13.0. The molecule has 0 aliphatic heterocycles. The highest BCUT2D eigenvalue weighted by molar-refractivity contribution is 6.74. The summed E-state index contributed by atoms with van der Waals surface area (Å²) in [5.74, 6) is -0.359. The molecule has 1 N–H and O–H groups in total. The second kappa shape index (κ2) is 6.22. The van der Waals surface area contributed by atoms with Crippen LogP contribution in [0.15, 0.2) is 30.6 Å². The van der Waals surface area contributed by atoms with E-state index in [0.29, 0.717) is 11.3 Å². The van der Waals surface area contributed by atoms with Crippen molar-refractivity contribution >= 4 is 19.8 Å². The maximum atomic E-state index is 12.3. The average molecular weight is 292 g/mol. The standard InChI is InChI=1S/C15H24N2O2Si/c1-15(2,3)19-14(18)12(11-17-20(4,5)6)13-9-7-8-10-16-13/h7-11,17H,1-6H3/b12-11+. The SMILES string of the molecule is CC(C)(C)OC(=O)/C(=C/N[Si](C)(C)C)c1ccccn1. The van der Waals surface area contributed by atoms with E-state index in [4.69, 9.17) is 4.74 Å². The Morgan fingerprint density at radius 1 is 1.30 bits per heavy atom. The molecule has 1 rings (SSSR count). The van der Waals surface area contributed by atoms with Crippen molar-refractivity contribution in [1.29, 1.82) is 0 Å². The summed E-state index contributed by atoms with van der Waals surface area (Å²) >= 11 is 0. The molecule has 0 aliphatic rings. The van der Waals surface area contributed by atoms with Gasteiger partial charge in [0.2, 0.25) is 0 Å². The van der Waals surface area contributed by atoms with Crippen LogP contribution >= 0.6 is 0 Å². The van der Waals surface area contributed by atoms with E-state index < -0.39 is 13.8 Å². The molecule has 0 aliphatic carbocycles. The highest BCUT2D eigenvalue weighted by atomic mass is 28.3. The zero-order valence-electron chi connectivity index (χ0n) is 13.2. The number of carbonyl (C=O) groups excluding carboxylic acids is 1. The summed E-state index contributed by atoms with van der Waals surface area (Å²) in [7, 11) is -1.52. The number of hydrogen-bond donors (Lipinski definition) is 1. The summed E-state index contributed by atoms with van der Waals surface area (Å²) < 4.78 is 5.45. The van der Waals surface area contributed by atoms with Crippen LogP contribution in [0.5, 0.6) is 0 Å². The van der Waals surface area contributed by atoms with Gasteiger partial charge in [0.05, 0.1) is 5.69 Å². The van der Waals surface area contributed by atoms with Crippen molar-refractivity contribution in [3.63, 3.8) is 0 Å². The van der Waals surface area contributed by atoms with Crippen LogP contribution in [0.25, 0.3) is 5.57 Å². The first-order valence-electron chi connectivity index (χ1n) is 6.71. The van der Waals surface area contributed by atoms with Crippen molar-refractivity contribution < 1.29 is 9.53 Å². The Bertz CT molecular complexity index is 485. The third-order valence-electron chi connectivity index (χ3n) is 2.21. The molecule has 0 spiro atoms. The number of rotatable bonds is 4. The largest absolute Gasteiger partial charge is 0.456 e. The van der Waals surface area contributed by atoms with Gasteiger partial charge in [0, 0.05) is 12.4 Å². The first-order valence-corrected chi connectivity index (χ1v) is 10.2. The maximum Gasteiger partial charge on any atom is 0.342 e. The predicted octanol–water partition coefficient (Wildman–Crippen LogP) is 3.19. The van der Waals surface area contributed by atoms with Gasteiger partial charge in [-0.25, -0.2) is 4.79 Å². The molecule has 0 fully saturated rings. The minimum absolute atomic E-state index is 0.359. The number of nitrogens with zero attached hydrogens (tertiary/aromatic N) is 1. The molecule has 0 saturated carbocycles. The highest BCUT2D eigenvalue weighted by Crippen LogP contribution is 2.17. The van der Waals surface area contributed by atoms with Crippen molar-refractivity contribution in [2.24, 2.45) is 0 Å². The van der Waals surface area contributed by atoms with E-state index in [1.807, 2.05) is 39.0 Å². The first-order chi connectivity index (χ1) is 9.08. The number of nitrogens with one attached hydrogen (secondary N) is 1. The number of hydrogen-bond acceptors (Lipinski definition) is 4. The number of ether oxygens (including phenoxy) is 1. The molecule has 0 bridgehead atoms. The van der Waals surface area contributed by atoms with E-state index in [2.05, 4.69) is 29.6 Å². The summed E-state index contributed by atoms with van der Waals surface area (Å²) in [6.45, 7) is 12.0. The van der Waals surface area contributed by atoms with Crippen molar-refractivity contribution in [2.45, 2.75) is 46.0 Å². The fourth-order valence-corrected chi connectivity index (χ4v) is 1.96. The molecule has 0 radical (unpaired) electrons. The van der Waals surface area contributed by atoms with Crippen LogP contribution in [0, 0.1) is 0 Å². The van der Waals surface area contributed by atoms with Crippen LogP contribution in [0.4, 0.5) is 0 Å². The van der Waals surface area contributed by atoms with E-state index in [0.717, 1.165) is 0 Å². The fraction of sp³-hybridized carbons (Fsp3) is 0.467. The summed E-state index contributed by atoms with van der Waals surface area (Å²) in [6.07, 6.45) is 3.41. The minimum Gasteiger partial charge on any atom is -0.456 e. The van der Waals surface area contributed by atoms with Gasteiger partial charge in [0.25, 0.3) is 0 Å². The molecule has 1 heterocycles. The Labute approximate surface area is 122 Å². The zero-order valence-corrected chi connectivity index (χ0v) is 14.2. The van der Waals surface area contributed by atoms with Crippen molar-refractivity contribution in [3.05, 3.63) is 36.3 Å². The van der Waals surface area contributed by atoms with Crippen LogP contribution in [-0.4, -0.2) is 24.8 Å². The van der Waals surface area contributed by atoms with Crippen LogP contribution in [0.2, 0.25) is 19.6 Å². The molecule has 0 atom stereocenters. The number of aromatic nitrogens is 1. The molecule has 0 amide bonds. The Morgan fingerprint density at radius 2 is 1.95 bits per heavy atom. The van der Waals surface area contributed by atoms with Crippen molar-refractivity contribution in [2.75, 3.05) is 0 Å². The lowest BCUT2D eigenvalue weighted by molar-refractivity contribution is -0.147. The van der Waals surface area contributed by atoms with Crippen LogP contribution in [-0.2, 0) is 9.53 Å². The van der Waals surface area contributed by atoms with Gasteiger partial charge in [-0.3, -0.25) is 4.98 Å². The minimum atomic E-state index is -1.52. The highest BCUT2D eigenvalue weighted by Gasteiger charge is 2.22. The lowest BCUT2D eigenvalue weighted by Gasteiger charge is -2.22. The van der Waals surface area contributed by atoms with E-state index in [-0.39, 0.29) is 5.97 Å². The molecule has 0 unspecified atom stereocenters. The van der Waals surface area contributed by atoms with Gasteiger partial charge in [-0.1, -0.05) is 25.7 Å². The molecule has 0 saturated heterocycles. The third kappa shape index (κ3) is 6.01. The maximum absolute atomic E-state index is 12.3. The summed E-state index contributed by atoms with van der Waals surface area (Å²) in [4.78, 5) is 19.9. The topological polar surface area (TPSA) is 51.2 Å². The summed E-state index contributed by atoms with van der Waals surface area (Å²) in [5, 5.41) is 0. The Kier molecular flexibility index (Phi) is 5.11. The third-order valence-corrected chi connectivity index (χ3v) is 3.22. The van der Waals surface area contributed by atoms with Crippen molar-refractivity contribution in [1.82, 2.24) is 9.97 Å². The smallest absolute Gasteiger partial charge is 0.342 e. The molecule has 4 nitrogen and oxygen atoms in total. The lowest BCUT2D eigenvalue weighted by atomic mass is 10.1. The molecular weight excluding hydrogens is 268 g/mol. The van der Waals surface area contributed by atoms with E-state index in [1.54, 1.807) is 12.4 Å². The first kappa shape index (κ1) is 16.4. The Hall–Kier alpha value is -1.62. The monoisotopic (exact) mass is 292 g/mol. The van der Waals surface area contributed by atoms with Gasteiger partial charge in [-0.05, 0) is 32.9 Å². The molecule has 110 valence electrons. The van der Waals surface area contributed by atoms with Crippen LogP contribution < -0.4 is 4.98 Å². The predicted molar refractivity (Wildman–Crippen MR) is 84.5 cm³/mol. The van der Waals surface area contributed by atoms with E-state index in [1.165, 1.54) is 0 Å². The molecule has 0 aromatic carbocycles. The van der Waals surface area contributed by atoms with Gasteiger partial charge in [0.1, 0.15) is 19.4 Å². The summed E-state index contributed by atoms with van der Waals surface area (Å²) in [6, 6.07) is 5.48. The molecule has 20 heavy (non-hydrogen) atoms. The second-order valence-electron chi connectivity index (χ2n) is 6.67. The van der Waals surface area contributed by atoms with Gasteiger partial charge < -0.3 is 9.72 Å². The number of carbonyl (C=O) groups is 1. The van der Waals surface area contributed by atoms with Crippen molar-refractivity contribution in [3.8, 4) is 0 Å². The van der Waals surface area contributed by atoms with Crippen LogP contribution in [0.3, 0.4) is 0 Å². The molecular formula is C15H24N2O2Si. The van der Waals surface area contributed by atoms with Gasteiger partial charge >= 0.3 is 5.97 Å². The van der Waals surface area contributed by atoms with Gasteiger partial charge in [-0.15, -0.1) is 0 Å².